The summed E-state index contributed by atoms with van der Waals surface area (Å²) in [5, 5.41) is 12.9. The van der Waals surface area contributed by atoms with E-state index in [1.165, 1.54) is 12.8 Å². The summed E-state index contributed by atoms with van der Waals surface area (Å²) in [4.78, 5) is 2.20. The number of hydrogen-bond donors (Lipinski definition) is 1. The predicted octanol–water partition coefficient (Wildman–Crippen LogP) is 2.73. The van der Waals surface area contributed by atoms with E-state index in [-0.39, 0.29) is 6.04 Å². The van der Waals surface area contributed by atoms with Crippen molar-refractivity contribution in [3.63, 3.8) is 0 Å². The van der Waals surface area contributed by atoms with Crippen LogP contribution < -0.4 is 14.8 Å². The van der Waals surface area contributed by atoms with Crippen LogP contribution in [0, 0.1) is 11.3 Å². The Morgan fingerprint density at radius 2 is 2.04 bits per heavy atom. The molecule has 1 unspecified atom stereocenters. The van der Waals surface area contributed by atoms with Gasteiger partial charge >= 0.3 is 0 Å². The number of nitrogens with zero attached hydrogens (tertiary/aromatic N) is 2. The largest absolute Gasteiger partial charge is 0.493 e. The van der Waals surface area contributed by atoms with E-state index in [4.69, 9.17) is 9.47 Å². The van der Waals surface area contributed by atoms with Crippen molar-refractivity contribution in [3.05, 3.63) is 23.8 Å². The lowest BCUT2D eigenvalue weighted by atomic mass is 10.0. The molecule has 0 radical (unpaired) electrons. The van der Waals surface area contributed by atoms with Crippen LogP contribution in [0.1, 0.15) is 37.8 Å². The molecule has 0 saturated carbocycles. The SMILES string of the molecule is CCCCCOc1ccc(C(C#N)N2CCNCC2)cc1OC. The van der Waals surface area contributed by atoms with Gasteiger partial charge in [-0.15, -0.1) is 0 Å². The van der Waals surface area contributed by atoms with Crippen LogP contribution in [-0.2, 0) is 0 Å². The van der Waals surface area contributed by atoms with Crippen molar-refractivity contribution in [1.82, 2.24) is 10.2 Å². The summed E-state index contributed by atoms with van der Waals surface area (Å²) >= 11 is 0. The lowest BCUT2D eigenvalue weighted by Gasteiger charge is -2.31. The second kappa shape index (κ2) is 9.39. The van der Waals surface area contributed by atoms with Crippen molar-refractivity contribution >= 4 is 0 Å². The second-order valence-electron chi connectivity index (χ2n) is 5.78. The van der Waals surface area contributed by atoms with Gasteiger partial charge in [0, 0.05) is 26.2 Å². The molecule has 2 rings (SSSR count). The maximum absolute atomic E-state index is 9.58. The molecular weight excluding hydrogens is 290 g/mol. The van der Waals surface area contributed by atoms with Gasteiger partial charge < -0.3 is 14.8 Å². The first kappa shape index (κ1) is 17.6. The van der Waals surface area contributed by atoms with Gasteiger partial charge in [-0.25, -0.2) is 0 Å². The van der Waals surface area contributed by atoms with Crippen LogP contribution in [0.2, 0.25) is 0 Å². The molecule has 1 atom stereocenters. The first-order valence-electron chi connectivity index (χ1n) is 8.45. The van der Waals surface area contributed by atoms with E-state index in [2.05, 4.69) is 23.2 Å². The number of ether oxygens (including phenoxy) is 2. The third-order valence-corrected chi connectivity index (χ3v) is 4.15. The molecule has 126 valence electrons. The molecule has 5 nitrogen and oxygen atoms in total. The van der Waals surface area contributed by atoms with Gasteiger partial charge in [0.2, 0.25) is 0 Å². The van der Waals surface area contributed by atoms with Crippen molar-refractivity contribution in [3.8, 4) is 17.6 Å². The van der Waals surface area contributed by atoms with Crippen molar-refractivity contribution < 1.29 is 9.47 Å². The number of piperazine rings is 1. The summed E-state index contributed by atoms with van der Waals surface area (Å²) in [6, 6.07) is 8.02. The Morgan fingerprint density at radius 3 is 2.70 bits per heavy atom. The van der Waals surface area contributed by atoms with Crippen molar-refractivity contribution in [2.45, 2.75) is 32.2 Å². The molecule has 1 aromatic rings. The number of hydrogen-bond acceptors (Lipinski definition) is 5. The molecule has 1 aliphatic rings. The van der Waals surface area contributed by atoms with E-state index >= 15 is 0 Å². The highest BCUT2D eigenvalue weighted by Gasteiger charge is 2.22. The maximum Gasteiger partial charge on any atom is 0.161 e. The Balaban J connectivity index is 2.08. The fourth-order valence-corrected chi connectivity index (χ4v) is 2.82. The number of rotatable bonds is 8. The predicted molar refractivity (Wildman–Crippen MR) is 90.8 cm³/mol. The minimum atomic E-state index is -0.236. The highest BCUT2D eigenvalue weighted by Crippen LogP contribution is 2.32. The highest BCUT2D eigenvalue weighted by atomic mass is 16.5. The Morgan fingerprint density at radius 1 is 1.26 bits per heavy atom. The molecule has 1 heterocycles. The minimum absolute atomic E-state index is 0.236. The summed E-state index contributed by atoms with van der Waals surface area (Å²) in [5.41, 5.74) is 0.965. The first-order valence-corrected chi connectivity index (χ1v) is 8.45. The topological polar surface area (TPSA) is 57.5 Å². The van der Waals surface area contributed by atoms with Crippen LogP contribution >= 0.6 is 0 Å². The van der Waals surface area contributed by atoms with Gasteiger partial charge in [-0.05, 0) is 24.1 Å². The van der Waals surface area contributed by atoms with Gasteiger partial charge in [0.25, 0.3) is 0 Å². The molecule has 0 bridgehead atoms. The minimum Gasteiger partial charge on any atom is -0.493 e. The number of nitriles is 1. The number of unbranched alkanes of at least 4 members (excludes halogenated alkanes) is 2. The van der Waals surface area contributed by atoms with E-state index in [9.17, 15) is 5.26 Å². The summed E-state index contributed by atoms with van der Waals surface area (Å²) in [7, 11) is 1.64. The van der Waals surface area contributed by atoms with Crippen LogP contribution in [0.4, 0.5) is 0 Å². The standard InChI is InChI=1S/C18H27N3O2/c1-3-4-5-12-23-17-7-6-15(13-18(17)22-2)16(14-19)21-10-8-20-9-11-21/h6-7,13,16,20H,3-5,8-12H2,1-2H3. The van der Waals surface area contributed by atoms with E-state index < -0.39 is 0 Å². The molecule has 0 amide bonds. The van der Waals surface area contributed by atoms with E-state index in [1.807, 2.05) is 18.2 Å². The van der Waals surface area contributed by atoms with Crippen molar-refractivity contribution in [2.24, 2.45) is 0 Å². The van der Waals surface area contributed by atoms with E-state index in [0.29, 0.717) is 12.4 Å². The van der Waals surface area contributed by atoms with E-state index in [1.54, 1.807) is 7.11 Å². The summed E-state index contributed by atoms with van der Waals surface area (Å²) in [5.74, 6) is 1.46. The molecule has 0 spiro atoms. The smallest absolute Gasteiger partial charge is 0.161 e. The first-order chi connectivity index (χ1) is 11.3. The Kier molecular flexibility index (Phi) is 7.18. The molecule has 1 aromatic carbocycles. The monoisotopic (exact) mass is 317 g/mol. The van der Waals surface area contributed by atoms with Crippen LogP contribution in [-0.4, -0.2) is 44.8 Å². The van der Waals surface area contributed by atoms with Crippen LogP contribution in [0.15, 0.2) is 18.2 Å². The van der Waals surface area contributed by atoms with Gasteiger partial charge in [0.15, 0.2) is 11.5 Å². The fourth-order valence-electron chi connectivity index (χ4n) is 2.82. The molecule has 1 fully saturated rings. The van der Waals surface area contributed by atoms with Crippen molar-refractivity contribution in [1.29, 1.82) is 5.26 Å². The summed E-state index contributed by atoms with van der Waals surface area (Å²) in [6.45, 7) is 6.49. The quantitative estimate of drug-likeness (QED) is 0.747. The van der Waals surface area contributed by atoms with Crippen LogP contribution in [0.5, 0.6) is 11.5 Å². The zero-order valence-corrected chi connectivity index (χ0v) is 14.2. The molecular formula is C18H27N3O2. The molecule has 23 heavy (non-hydrogen) atoms. The van der Waals surface area contributed by atoms with Gasteiger partial charge in [-0.3, -0.25) is 4.90 Å². The lowest BCUT2D eigenvalue weighted by Crippen LogP contribution is -2.44. The lowest BCUT2D eigenvalue weighted by molar-refractivity contribution is 0.207. The van der Waals surface area contributed by atoms with Gasteiger partial charge in [-0.1, -0.05) is 25.8 Å². The van der Waals surface area contributed by atoms with Gasteiger partial charge in [0.1, 0.15) is 6.04 Å². The van der Waals surface area contributed by atoms with Crippen LogP contribution in [0.25, 0.3) is 0 Å². The van der Waals surface area contributed by atoms with Gasteiger partial charge in [-0.2, -0.15) is 5.26 Å². The summed E-state index contributed by atoms with van der Waals surface area (Å²) < 4.78 is 11.3. The Bertz CT molecular complexity index is 521. The third kappa shape index (κ3) is 4.85. The Hall–Kier alpha value is -1.77. The average Bonchev–Trinajstić information content (AvgIpc) is 2.61. The number of nitrogens with one attached hydrogen (secondary N) is 1. The molecule has 1 saturated heterocycles. The number of methoxy groups -OCH3 is 1. The Labute approximate surface area is 139 Å². The van der Waals surface area contributed by atoms with Gasteiger partial charge in [0.05, 0.1) is 19.8 Å². The zero-order chi connectivity index (χ0) is 16.5. The molecule has 5 heteroatoms. The van der Waals surface area contributed by atoms with E-state index in [0.717, 1.165) is 43.9 Å². The van der Waals surface area contributed by atoms with Crippen LogP contribution in [0.3, 0.4) is 0 Å². The zero-order valence-electron chi connectivity index (χ0n) is 14.2. The third-order valence-electron chi connectivity index (χ3n) is 4.15. The molecule has 0 aliphatic carbocycles. The maximum atomic E-state index is 9.58. The fraction of sp³-hybridized carbons (Fsp3) is 0.611. The highest BCUT2D eigenvalue weighted by molar-refractivity contribution is 5.45. The average molecular weight is 317 g/mol. The molecule has 1 N–H and O–H groups in total. The van der Waals surface area contributed by atoms with Crippen molar-refractivity contribution in [2.75, 3.05) is 39.9 Å². The summed E-state index contributed by atoms with van der Waals surface area (Å²) in [6.07, 6.45) is 3.39. The second-order valence-corrected chi connectivity index (χ2v) is 5.78. The number of benzene rings is 1. The molecule has 1 aliphatic heterocycles. The normalized spacial score (nSPS) is 16.6. The molecule has 0 aromatic heterocycles.